The summed E-state index contributed by atoms with van der Waals surface area (Å²) in [5.41, 5.74) is 11.2. The van der Waals surface area contributed by atoms with Crippen molar-refractivity contribution in [2.24, 2.45) is 16.9 Å². The van der Waals surface area contributed by atoms with Gasteiger partial charge < -0.3 is 21.3 Å². The SMILES string of the molecule is NCCCC(CCCN)(C(=O)N(C1CCCCC1)C1CCCCC1)C(=O)N(C1CCCCC1)C1CCCCC1. The number of amides is 2. The fourth-order valence-electron chi connectivity index (χ4n) is 8.64. The molecule has 0 aromatic carbocycles. The quantitative estimate of drug-likeness (QED) is 0.277. The van der Waals surface area contributed by atoms with Crippen molar-refractivity contribution in [2.45, 2.75) is 178 Å². The molecule has 2 amide bonds. The van der Waals surface area contributed by atoms with Crippen LogP contribution in [0.2, 0.25) is 0 Å². The largest absolute Gasteiger partial charge is 0.336 e. The van der Waals surface area contributed by atoms with Crippen LogP contribution in [0.25, 0.3) is 0 Å². The molecule has 0 aliphatic heterocycles. The van der Waals surface area contributed by atoms with E-state index in [0.29, 0.717) is 38.8 Å². The predicted molar refractivity (Wildman–Crippen MR) is 160 cm³/mol. The fraction of sp³-hybridized carbons (Fsp3) is 0.939. The van der Waals surface area contributed by atoms with Crippen molar-refractivity contribution < 1.29 is 9.59 Å². The van der Waals surface area contributed by atoms with Crippen molar-refractivity contribution in [3.05, 3.63) is 0 Å². The number of hydrogen-bond acceptors (Lipinski definition) is 4. The lowest BCUT2D eigenvalue weighted by molar-refractivity contribution is -0.166. The van der Waals surface area contributed by atoms with Crippen LogP contribution in [0.5, 0.6) is 0 Å². The predicted octanol–water partition coefficient (Wildman–Crippen LogP) is 6.44. The van der Waals surface area contributed by atoms with Gasteiger partial charge in [0.25, 0.3) is 0 Å². The Morgan fingerprint density at radius 1 is 0.487 bits per heavy atom. The van der Waals surface area contributed by atoms with E-state index in [-0.39, 0.29) is 36.0 Å². The van der Waals surface area contributed by atoms with Crippen LogP contribution in [0.15, 0.2) is 0 Å². The smallest absolute Gasteiger partial charge is 0.238 e. The van der Waals surface area contributed by atoms with Crippen LogP contribution < -0.4 is 11.5 Å². The topological polar surface area (TPSA) is 92.7 Å². The van der Waals surface area contributed by atoms with Gasteiger partial charge >= 0.3 is 0 Å². The minimum Gasteiger partial charge on any atom is -0.336 e. The van der Waals surface area contributed by atoms with E-state index < -0.39 is 5.41 Å². The standard InChI is InChI=1S/C33H60N4O2/c34-25-13-23-33(24-14-26-35,31(38)36(27-15-5-1-6-16-27)28-17-7-2-8-18-28)32(39)37(29-19-9-3-10-20-29)30-21-11-4-12-22-30/h27-30H,1-26,34-35H2. The van der Waals surface area contributed by atoms with Gasteiger partial charge in [0.2, 0.25) is 11.8 Å². The monoisotopic (exact) mass is 544 g/mol. The minimum absolute atomic E-state index is 0.157. The van der Waals surface area contributed by atoms with E-state index in [9.17, 15) is 0 Å². The van der Waals surface area contributed by atoms with Gasteiger partial charge in [-0.15, -0.1) is 0 Å². The third-order valence-corrected chi connectivity index (χ3v) is 10.8. The number of rotatable bonds is 12. The molecule has 4 fully saturated rings. The van der Waals surface area contributed by atoms with Crippen molar-refractivity contribution in [1.82, 2.24) is 9.80 Å². The lowest BCUT2D eigenvalue weighted by Crippen LogP contribution is -2.62. The highest BCUT2D eigenvalue weighted by atomic mass is 16.2. The van der Waals surface area contributed by atoms with Crippen molar-refractivity contribution in [2.75, 3.05) is 13.1 Å². The number of nitrogens with two attached hydrogens (primary N) is 2. The molecule has 4 N–H and O–H groups in total. The second-order valence-electron chi connectivity index (χ2n) is 13.5. The first-order valence-corrected chi connectivity index (χ1v) is 17.2. The maximum Gasteiger partial charge on any atom is 0.238 e. The van der Waals surface area contributed by atoms with E-state index in [4.69, 9.17) is 11.5 Å². The molecule has 224 valence electrons. The lowest BCUT2D eigenvalue weighted by Gasteiger charge is -2.50. The lowest BCUT2D eigenvalue weighted by atomic mass is 9.73. The third kappa shape index (κ3) is 7.58. The van der Waals surface area contributed by atoms with Crippen molar-refractivity contribution >= 4 is 11.8 Å². The summed E-state index contributed by atoms with van der Waals surface area (Å²) in [6.45, 7) is 1.04. The molecule has 39 heavy (non-hydrogen) atoms. The molecule has 0 atom stereocenters. The second-order valence-corrected chi connectivity index (χ2v) is 13.5. The first-order valence-electron chi connectivity index (χ1n) is 17.2. The van der Waals surface area contributed by atoms with Crippen LogP contribution in [0, 0.1) is 5.41 Å². The summed E-state index contributed by atoms with van der Waals surface area (Å²) in [5.74, 6) is 0.314. The van der Waals surface area contributed by atoms with Gasteiger partial charge in [-0.3, -0.25) is 9.59 Å². The molecule has 6 heteroatoms. The molecular weight excluding hydrogens is 484 g/mol. The Balaban J connectivity index is 1.75. The average Bonchev–Trinajstić information content (AvgIpc) is 3.00. The normalized spacial score (nSPS) is 23.0. The zero-order valence-corrected chi connectivity index (χ0v) is 25.1. The van der Waals surface area contributed by atoms with Gasteiger partial charge in [-0.2, -0.15) is 0 Å². The summed E-state index contributed by atoms with van der Waals surface area (Å²) < 4.78 is 0. The van der Waals surface area contributed by atoms with Gasteiger partial charge in [0.15, 0.2) is 0 Å². The zero-order chi connectivity index (χ0) is 27.5. The zero-order valence-electron chi connectivity index (χ0n) is 25.1. The molecule has 0 aromatic heterocycles. The summed E-state index contributed by atoms with van der Waals surface area (Å²) in [4.78, 5) is 35.2. The van der Waals surface area contributed by atoms with Crippen LogP contribution in [0.3, 0.4) is 0 Å². The maximum absolute atomic E-state index is 15.3. The average molecular weight is 545 g/mol. The van der Waals surface area contributed by atoms with Gasteiger partial charge in [-0.1, -0.05) is 77.0 Å². The molecule has 0 heterocycles. The summed E-state index contributed by atoms with van der Waals surface area (Å²) in [7, 11) is 0. The molecule has 4 aliphatic carbocycles. The Bertz CT molecular complexity index is 636. The highest BCUT2D eigenvalue weighted by Gasteiger charge is 2.53. The molecule has 0 bridgehead atoms. The van der Waals surface area contributed by atoms with Gasteiger partial charge in [0.1, 0.15) is 5.41 Å². The van der Waals surface area contributed by atoms with Gasteiger partial charge in [-0.05, 0) is 90.1 Å². The molecule has 0 radical (unpaired) electrons. The van der Waals surface area contributed by atoms with Gasteiger partial charge in [0.05, 0.1) is 0 Å². The summed E-state index contributed by atoms with van der Waals surface area (Å²) in [6, 6.07) is 1.15. The molecular formula is C33H60N4O2. The Labute approximate surface area is 239 Å². The Hall–Kier alpha value is -1.14. The minimum atomic E-state index is -1.01. The molecule has 0 saturated heterocycles. The number of hydrogen-bond donors (Lipinski definition) is 2. The van der Waals surface area contributed by atoms with Gasteiger partial charge in [0, 0.05) is 24.2 Å². The molecule has 6 nitrogen and oxygen atoms in total. The summed E-state index contributed by atoms with van der Waals surface area (Å²) in [5, 5.41) is 0. The number of carbonyl (C=O) groups is 2. The van der Waals surface area contributed by atoms with Crippen LogP contribution in [-0.4, -0.2) is 58.9 Å². The van der Waals surface area contributed by atoms with E-state index >= 15 is 9.59 Å². The molecule has 0 aromatic rings. The Morgan fingerprint density at radius 3 is 0.974 bits per heavy atom. The van der Waals surface area contributed by atoms with Crippen molar-refractivity contribution in [3.8, 4) is 0 Å². The van der Waals surface area contributed by atoms with Crippen LogP contribution >= 0.6 is 0 Å². The second kappa shape index (κ2) is 15.7. The first-order chi connectivity index (χ1) is 19.1. The molecule has 0 unspecified atom stereocenters. The summed E-state index contributed by atoms with van der Waals surface area (Å²) >= 11 is 0. The molecule has 4 rings (SSSR count). The van der Waals surface area contributed by atoms with Crippen molar-refractivity contribution in [1.29, 1.82) is 0 Å². The van der Waals surface area contributed by atoms with E-state index in [1.807, 2.05) is 0 Å². The van der Waals surface area contributed by atoms with Crippen LogP contribution in [-0.2, 0) is 9.59 Å². The van der Waals surface area contributed by atoms with Crippen LogP contribution in [0.1, 0.15) is 154 Å². The molecule has 4 aliphatic rings. The Morgan fingerprint density at radius 2 is 0.744 bits per heavy atom. The maximum atomic E-state index is 15.3. The van der Waals surface area contributed by atoms with E-state index in [1.54, 1.807) is 0 Å². The summed E-state index contributed by atoms with van der Waals surface area (Å²) in [6.07, 6.45) is 26.0. The van der Waals surface area contributed by atoms with Crippen molar-refractivity contribution in [3.63, 3.8) is 0 Å². The molecule has 4 saturated carbocycles. The first kappa shape index (κ1) is 30.8. The number of carbonyl (C=O) groups excluding carboxylic acids is 2. The van der Waals surface area contributed by atoms with E-state index in [0.717, 1.165) is 51.4 Å². The van der Waals surface area contributed by atoms with E-state index in [1.165, 1.54) is 77.0 Å². The Kier molecular flexibility index (Phi) is 12.4. The highest BCUT2D eigenvalue weighted by molar-refractivity contribution is 6.05. The van der Waals surface area contributed by atoms with E-state index in [2.05, 4.69) is 9.80 Å². The molecule has 0 spiro atoms. The third-order valence-electron chi connectivity index (χ3n) is 10.8. The van der Waals surface area contributed by atoms with Gasteiger partial charge in [-0.25, -0.2) is 0 Å². The number of nitrogens with zero attached hydrogens (tertiary/aromatic N) is 2. The fourth-order valence-corrected chi connectivity index (χ4v) is 8.64. The van der Waals surface area contributed by atoms with Crippen LogP contribution in [0.4, 0.5) is 0 Å². The highest BCUT2D eigenvalue weighted by Crippen LogP contribution is 2.42.